The highest BCUT2D eigenvalue weighted by Gasteiger charge is 2.17. The lowest BCUT2D eigenvalue weighted by molar-refractivity contribution is 0.147. The zero-order valence-electron chi connectivity index (χ0n) is 10.00. The molecule has 1 saturated heterocycles. The molecule has 0 aromatic heterocycles. The number of nitrogens with one attached hydrogen (secondary N) is 1. The summed E-state index contributed by atoms with van der Waals surface area (Å²) in [6.45, 7) is 10.5. The molecule has 90 valence electrons. The zero-order chi connectivity index (χ0) is 10.9. The molecule has 1 aliphatic rings. The number of ether oxygens (including phenoxy) is 1. The Labute approximate surface area is 97.9 Å². The van der Waals surface area contributed by atoms with Crippen LogP contribution in [0.15, 0.2) is 0 Å². The van der Waals surface area contributed by atoms with Crippen LogP contribution in [-0.4, -0.2) is 61.8 Å². The second-order valence-electron chi connectivity index (χ2n) is 3.91. The van der Waals surface area contributed by atoms with Gasteiger partial charge in [-0.25, -0.2) is 0 Å². The van der Waals surface area contributed by atoms with Crippen LogP contribution < -0.4 is 5.32 Å². The van der Waals surface area contributed by atoms with Crippen LogP contribution in [0.4, 0.5) is 0 Å². The first kappa shape index (κ1) is 13.3. The number of nitrogens with zero attached hydrogens (tertiary/aromatic N) is 1. The van der Waals surface area contributed by atoms with Gasteiger partial charge in [-0.05, 0) is 13.8 Å². The Hall–Kier alpha value is 0.230. The minimum absolute atomic E-state index is 0.748. The molecule has 0 saturated carbocycles. The van der Waals surface area contributed by atoms with Crippen molar-refractivity contribution in [2.75, 3.05) is 50.9 Å². The van der Waals surface area contributed by atoms with Crippen molar-refractivity contribution in [1.29, 1.82) is 0 Å². The van der Waals surface area contributed by atoms with Gasteiger partial charge in [-0.15, -0.1) is 0 Å². The SMILES string of the molecule is CCOCCNCCN1CCSCC1C. The van der Waals surface area contributed by atoms with Gasteiger partial charge in [0, 0.05) is 50.3 Å². The highest BCUT2D eigenvalue weighted by Crippen LogP contribution is 2.14. The van der Waals surface area contributed by atoms with E-state index in [0.29, 0.717) is 0 Å². The molecule has 0 aromatic rings. The molecule has 15 heavy (non-hydrogen) atoms. The van der Waals surface area contributed by atoms with E-state index in [1.54, 1.807) is 0 Å². The van der Waals surface area contributed by atoms with E-state index in [1.165, 1.54) is 24.6 Å². The van der Waals surface area contributed by atoms with E-state index in [2.05, 4.69) is 28.9 Å². The number of hydrogen-bond acceptors (Lipinski definition) is 4. The average Bonchev–Trinajstić information content (AvgIpc) is 2.25. The predicted octanol–water partition coefficient (Wildman–Crippen LogP) is 1.05. The maximum atomic E-state index is 5.27. The fraction of sp³-hybridized carbons (Fsp3) is 1.00. The van der Waals surface area contributed by atoms with Gasteiger partial charge in [0.2, 0.25) is 0 Å². The summed E-state index contributed by atoms with van der Waals surface area (Å²) in [5, 5.41) is 3.41. The summed E-state index contributed by atoms with van der Waals surface area (Å²) >= 11 is 2.08. The first-order valence-electron chi connectivity index (χ1n) is 5.95. The largest absolute Gasteiger partial charge is 0.380 e. The van der Waals surface area contributed by atoms with Gasteiger partial charge < -0.3 is 10.1 Å². The molecule has 0 spiro atoms. The fourth-order valence-electron chi connectivity index (χ4n) is 1.73. The van der Waals surface area contributed by atoms with Crippen LogP contribution in [0.3, 0.4) is 0 Å². The first-order valence-corrected chi connectivity index (χ1v) is 7.10. The smallest absolute Gasteiger partial charge is 0.0590 e. The van der Waals surface area contributed by atoms with Crippen molar-refractivity contribution in [1.82, 2.24) is 10.2 Å². The van der Waals surface area contributed by atoms with Crippen molar-refractivity contribution in [3.05, 3.63) is 0 Å². The van der Waals surface area contributed by atoms with Crippen molar-refractivity contribution < 1.29 is 4.74 Å². The van der Waals surface area contributed by atoms with Gasteiger partial charge in [0.15, 0.2) is 0 Å². The van der Waals surface area contributed by atoms with Crippen molar-refractivity contribution in [2.24, 2.45) is 0 Å². The van der Waals surface area contributed by atoms with E-state index in [1.807, 2.05) is 6.92 Å². The molecule has 0 aliphatic carbocycles. The van der Waals surface area contributed by atoms with Gasteiger partial charge in [-0.1, -0.05) is 0 Å². The molecule has 1 rings (SSSR count). The molecule has 1 aliphatic heterocycles. The van der Waals surface area contributed by atoms with Crippen LogP contribution in [0.2, 0.25) is 0 Å². The van der Waals surface area contributed by atoms with Gasteiger partial charge in [-0.3, -0.25) is 4.90 Å². The Bertz CT molecular complexity index is 158. The van der Waals surface area contributed by atoms with Gasteiger partial charge in [0.05, 0.1) is 6.61 Å². The van der Waals surface area contributed by atoms with E-state index < -0.39 is 0 Å². The normalized spacial score (nSPS) is 23.2. The van der Waals surface area contributed by atoms with Crippen LogP contribution in [0.5, 0.6) is 0 Å². The molecule has 3 nitrogen and oxygen atoms in total. The molecule has 0 aromatic carbocycles. The Morgan fingerprint density at radius 3 is 3.07 bits per heavy atom. The third-order valence-electron chi connectivity index (χ3n) is 2.71. The minimum Gasteiger partial charge on any atom is -0.380 e. The molecule has 1 N–H and O–H groups in total. The highest BCUT2D eigenvalue weighted by atomic mass is 32.2. The molecular formula is C11H24N2OS. The molecule has 1 unspecified atom stereocenters. The second kappa shape index (κ2) is 8.39. The number of thioether (sulfide) groups is 1. The van der Waals surface area contributed by atoms with Gasteiger partial charge in [0.1, 0.15) is 0 Å². The molecule has 0 bridgehead atoms. The average molecular weight is 232 g/mol. The van der Waals surface area contributed by atoms with Crippen LogP contribution in [0, 0.1) is 0 Å². The lowest BCUT2D eigenvalue weighted by atomic mass is 10.3. The molecule has 1 atom stereocenters. The molecule has 1 heterocycles. The first-order chi connectivity index (χ1) is 7.34. The Morgan fingerprint density at radius 1 is 1.47 bits per heavy atom. The van der Waals surface area contributed by atoms with E-state index in [0.717, 1.165) is 32.3 Å². The standard InChI is InChI=1S/C11H24N2OS/c1-3-14-8-5-12-4-6-13-7-9-15-10-11(13)2/h11-12H,3-10H2,1-2H3. The quantitative estimate of drug-likeness (QED) is 0.663. The summed E-state index contributed by atoms with van der Waals surface area (Å²) in [7, 11) is 0. The summed E-state index contributed by atoms with van der Waals surface area (Å²) in [5.74, 6) is 2.59. The van der Waals surface area contributed by atoms with Crippen molar-refractivity contribution in [3.63, 3.8) is 0 Å². The zero-order valence-corrected chi connectivity index (χ0v) is 10.8. The number of rotatable bonds is 7. The van der Waals surface area contributed by atoms with E-state index in [9.17, 15) is 0 Å². The fourth-order valence-corrected chi connectivity index (χ4v) is 2.81. The van der Waals surface area contributed by atoms with Gasteiger partial charge in [-0.2, -0.15) is 11.8 Å². The van der Waals surface area contributed by atoms with E-state index in [-0.39, 0.29) is 0 Å². The molecule has 0 radical (unpaired) electrons. The van der Waals surface area contributed by atoms with Crippen LogP contribution >= 0.6 is 11.8 Å². The van der Waals surface area contributed by atoms with Crippen LogP contribution in [-0.2, 0) is 4.74 Å². The second-order valence-corrected chi connectivity index (χ2v) is 5.06. The third kappa shape index (κ3) is 5.76. The van der Waals surface area contributed by atoms with Crippen LogP contribution in [0.1, 0.15) is 13.8 Å². The summed E-state index contributed by atoms with van der Waals surface area (Å²) in [6.07, 6.45) is 0. The molecular weight excluding hydrogens is 208 g/mol. The third-order valence-corrected chi connectivity index (χ3v) is 3.90. The Kier molecular flexibility index (Phi) is 7.44. The predicted molar refractivity (Wildman–Crippen MR) is 67.7 cm³/mol. The van der Waals surface area contributed by atoms with Crippen molar-refractivity contribution in [3.8, 4) is 0 Å². The van der Waals surface area contributed by atoms with Crippen molar-refractivity contribution >= 4 is 11.8 Å². The molecule has 4 heteroatoms. The van der Waals surface area contributed by atoms with Crippen molar-refractivity contribution in [2.45, 2.75) is 19.9 Å². The van der Waals surface area contributed by atoms with Crippen LogP contribution in [0.25, 0.3) is 0 Å². The summed E-state index contributed by atoms with van der Waals surface area (Å²) < 4.78 is 5.27. The summed E-state index contributed by atoms with van der Waals surface area (Å²) in [5.41, 5.74) is 0. The maximum absolute atomic E-state index is 5.27. The van der Waals surface area contributed by atoms with Gasteiger partial charge >= 0.3 is 0 Å². The van der Waals surface area contributed by atoms with E-state index in [4.69, 9.17) is 4.74 Å². The summed E-state index contributed by atoms with van der Waals surface area (Å²) in [6, 6.07) is 0.748. The maximum Gasteiger partial charge on any atom is 0.0590 e. The lowest BCUT2D eigenvalue weighted by Gasteiger charge is -2.32. The van der Waals surface area contributed by atoms with Gasteiger partial charge in [0.25, 0.3) is 0 Å². The molecule has 0 amide bonds. The highest BCUT2D eigenvalue weighted by molar-refractivity contribution is 7.99. The number of hydrogen-bond donors (Lipinski definition) is 1. The monoisotopic (exact) mass is 232 g/mol. The lowest BCUT2D eigenvalue weighted by Crippen LogP contribution is -2.44. The van der Waals surface area contributed by atoms with E-state index >= 15 is 0 Å². The minimum atomic E-state index is 0.748. The molecule has 1 fully saturated rings. The topological polar surface area (TPSA) is 24.5 Å². The Morgan fingerprint density at radius 2 is 2.33 bits per heavy atom. The Balaban J connectivity index is 1.94. The summed E-state index contributed by atoms with van der Waals surface area (Å²) in [4.78, 5) is 2.57.